The Balaban J connectivity index is 0.00000288. The van der Waals surface area contributed by atoms with Crippen LogP contribution in [-0.2, 0) is 6.42 Å². The van der Waals surface area contributed by atoms with Gasteiger partial charge in [-0.05, 0) is 61.2 Å². The number of guanidine groups is 1. The molecule has 0 aromatic heterocycles. The monoisotopic (exact) mass is 449 g/mol. The first kappa shape index (κ1) is 20.3. The van der Waals surface area contributed by atoms with Gasteiger partial charge in [-0.25, -0.2) is 13.2 Å². The molecule has 7 heteroatoms. The average Bonchev–Trinajstić information content (AvgIpc) is 2.43. The van der Waals surface area contributed by atoms with Crippen LogP contribution in [0.25, 0.3) is 0 Å². The number of halogens is 4. The van der Waals surface area contributed by atoms with Crippen LogP contribution in [0.5, 0.6) is 0 Å². The maximum Gasteiger partial charge on any atom is 0.194 e. The van der Waals surface area contributed by atoms with Crippen molar-refractivity contribution in [3.63, 3.8) is 0 Å². The van der Waals surface area contributed by atoms with Gasteiger partial charge in [0.1, 0.15) is 0 Å². The molecule has 0 aliphatic carbocycles. The number of hydrogen-bond donors (Lipinski definition) is 2. The van der Waals surface area contributed by atoms with Crippen LogP contribution in [0.1, 0.15) is 16.7 Å². The van der Waals surface area contributed by atoms with Gasteiger partial charge in [0.2, 0.25) is 0 Å². The Morgan fingerprint density at radius 2 is 1.54 bits per heavy atom. The first-order chi connectivity index (χ1) is 10.8. The van der Waals surface area contributed by atoms with Crippen LogP contribution in [0.15, 0.2) is 35.3 Å². The number of anilines is 1. The summed E-state index contributed by atoms with van der Waals surface area (Å²) in [5, 5.41) is 2.96. The SMILES string of the molecule is Cc1cc(C)cc(NC(N)=NCCc2cc(F)c(F)c(F)c2)c1.I. The van der Waals surface area contributed by atoms with Crippen molar-refractivity contribution in [2.24, 2.45) is 10.7 Å². The van der Waals surface area contributed by atoms with Gasteiger partial charge in [0.15, 0.2) is 23.4 Å². The van der Waals surface area contributed by atoms with E-state index in [9.17, 15) is 13.2 Å². The second-order valence-corrected chi connectivity index (χ2v) is 5.39. The molecule has 0 aliphatic heterocycles. The predicted molar refractivity (Wildman–Crippen MR) is 101 cm³/mol. The average molecular weight is 449 g/mol. The number of nitrogens with zero attached hydrogens (tertiary/aromatic N) is 1. The Labute approximate surface area is 156 Å². The van der Waals surface area contributed by atoms with Crippen LogP contribution in [0.2, 0.25) is 0 Å². The molecule has 0 radical (unpaired) electrons. The minimum atomic E-state index is -1.46. The summed E-state index contributed by atoms with van der Waals surface area (Å²) in [6.07, 6.45) is 0.253. The van der Waals surface area contributed by atoms with Crippen molar-refractivity contribution < 1.29 is 13.2 Å². The van der Waals surface area contributed by atoms with Crippen molar-refractivity contribution >= 4 is 35.6 Å². The molecule has 2 rings (SSSR count). The Hall–Kier alpha value is -1.77. The van der Waals surface area contributed by atoms with Gasteiger partial charge < -0.3 is 11.1 Å². The molecule has 3 nitrogen and oxygen atoms in total. The minimum Gasteiger partial charge on any atom is -0.370 e. The third-order valence-corrected chi connectivity index (χ3v) is 3.22. The maximum absolute atomic E-state index is 13.1. The van der Waals surface area contributed by atoms with Gasteiger partial charge in [-0.1, -0.05) is 6.07 Å². The van der Waals surface area contributed by atoms with Crippen molar-refractivity contribution in [1.29, 1.82) is 0 Å². The Bertz CT molecular complexity index is 705. The normalized spacial score (nSPS) is 11.1. The second-order valence-electron chi connectivity index (χ2n) is 5.39. The molecule has 0 spiro atoms. The van der Waals surface area contributed by atoms with Crippen LogP contribution in [-0.4, -0.2) is 12.5 Å². The summed E-state index contributed by atoms with van der Waals surface area (Å²) in [4.78, 5) is 4.10. The third kappa shape index (κ3) is 5.70. The number of benzene rings is 2. The highest BCUT2D eigenvalue weighted by Gasteiger charge is 2.10. The van der Waals surface area contributed by atoms with E-state index < -0.39 is 17.5 Å². The van der Waals surface area contributed by atoms with Crippen LogP contribution in [0.3, 0.4) is 0 Å². The molecule has 0 heterocycles. The number of aryl methyl sites for hydroxylation is 2. The zero-order valence-corrected chi connectivity index (χ0v) is 15.7. The molecule has 0 atom stereocenters. The summed E-state index contributed by atoms with van der Waals surface area (Å²) >= 11 is 0. The van der Waals surface area contributed by atoms with Gasteiger partial charge >= 0.3 is 0 Å². The van der Waals surface area contributed by atoms with E-state index in [1.807, 2.05) is 32.0 Å². The van der Waals surface area contributed by atoms with E-state index in [0.29, 0.717) is 5.56 Å². The zero-order valence-electron chi connectivity index (χ0n) is 13.4. The van der Waals surface area contributed by atoms with Crippen LogP contribution in [0, 0.1) is 31.3 Å². The standard InChI is InChI=1S/C17H18F3N3.HI/c1-10-5-11(2)7-13(6-10)23-17(21)22-4-3-12-8-14(18)16(20)15(19)9-12;/h5-9H,3-4H2,1-2H3,(H3,21,22,23);1H. The predicted octanol–water partition coefficient (Wildman–Crippen LogP) is 4.31. The molecule has 0 aliphatic rings. The van der Waals surface area contributed by atoms with E-state index in [2.05, 4.69) is 10.3 Å². The summed E-state index contributed by atoms with van der Waals surface area (Å²) in [6.45, 7) is 4.18. The maximum atomic E-state index is 13.1. The fourth-order valence-electron chi connectivity index (χ4n) is 2.29. The lowest BCUT2D eigenvalue weighted by molar-refractivity contribution is 0.445. The summed E-state index contributed by atoms with van der Waals surface area (Å²) in [5.74, 6) is -3.66. The van der Waals surface area contributed by atoms with Crippen molar-refractivity contribution in [2.75, 3.05) is 11.9 Å². The van der Waals surface area contributed by atoms with Crippen LogP contribution in [0.4, 0.5) is 18.9 Å². The second kappa shape index (κ2) is 8.91. The molecule has 0 saturated carbocycles. The molecule has 2 aromatic rings. The fraction of sp³-hybridized carbons (Fsp3) is 0.235. The van der Waals surface area contributed by atoms with E-state index in [1.165, 1.54) is 0 Å². The topological polar surface area (TPSA) is 50.4 Å². The largest absolute Gasteiger partial charge is 0.370 e. The molecule has 24 heavy (non-hydrogen) atoms. The van der Waals surface area contributed by atoms with Gasteiger partial charge in [0.05, 0.1) is 0 Å². The molecule has 0 saturated heterocycles. The molecular weight excluding hydrogens is 430 g/mol. The number of aliphatic imine (C=N–C) groups is 1. The minimum absolute atomic E-state index is 0. The Morgan fingerprint density at radius 1 is 1.00 bits per heavy atom. The summed E-state index contributed by atoms with van der Waals surface area (Å²) in [6, 6.07) is 7.82. The highest BCUT2D eigenvalue weighted by atomic mass is 127. The van der Waals surface area contributed by atoms with E-state index >= 15 is 0 Å². The van der Waals surface area contributed by atoms with Crippen molar-refractivity contribution in [3.8, 4) is 0 Å². The molecule has 2 aromatic carbocycles. The quantitative estimate of drug-likeness (QED) is 0.317. The molecular formula is C17H19F3IN3. The highest BCUT2D eigenvalue weighted by Crippen LogP contribution is 2.15. The number of nitrogens with one attached hydrogen (secondary N) is 1. The van der Waals surface area contributed by atoms with Gasteiger partial charge in [-0.2, -0.15) is 0 Å². The molecule has 3 N–H and O–H groups in total. The lowest BCUT2D eigenvalue weighted by atomic mass is 10.1. The van der Waals surface area contributed by atoms with Gasteiger partial charge in [-0.3, -0.25) is 4.99 Å². The number of nitrogens with two attached hydrogens (primary N) is 1. The summed E-state index contributed by atoms with van der Waals surface area (Å²) in [5.41, 5.74) is 9.12. The van der Waals surface area contributed by atoms with Crippen LogP contribution < -0.4 is 11.1 Å². The number of hydrogen-bond acceptors (Lipinski definition) is 1. The first-order valence-corrected chi connectivity index (χ1v) is 7.14. The van der Waals surface area contributed by atoms with E-state index in [1.54, 1.807) is 0 Å². The van der Waals surface area contributed by atoms with Gasteiger partial charge in [-0.15, -0.1) is 24.0 Å². The first-order valence-electron chi connectivity index (χ1n) is 7.14. The third-order valence-electron chi connectivity index (χ3n) is 3.22. The summed E-state index contributed by atoms with van der Waals surface area (Å²) < 4.78 is 39.1. The Kier molecular flexibility index (Phi) is 7.53. The van der Waals surface area contributed by atoms with E-state index in [-0.39, 0.29) is 42.9 Å². The lowest BCUT2D eigenvalue weighted by Crippen LogP contribution is -2.23. The van der Waals surface area contributed by atoms with E-state index in [0.717, 1.165) is 28.9 Å². The van der Waals surface area contributed by atoms with Crippen molar-refractivity contribution in [3.05, 3.63) is 64.5 Å². The smallest absolute Gasteiger partial charge is 0.194 e. The fourth-order valence-corrected chi connectivity index (χ4v) is 2.29. The molecule has 130 valence electrons. The lowest BCUT2D eigenvalue weighted by Gasteiger charge is -2.08. The zero-order chi connectivity index (χ0) is 17.0. The molecule has 0 unspecified atom stereocenters. The van der Waals surface area contributed by atoms with Crippen LogP contribution >= 0.6 is 24.0 Å². The summed E-state index contributed by atoms with van der Waals surface area (Å²) in [7, 11) is 0. The number of rotatable bonds is 4. The molecule has 0 fully saturated rings. The van der Waals surface area contributed by atoms with Gasteiger partial charge in [0, 0.05) is 12.2 Å². The highest BCUT2D eigenvalue weighted by molar-refractivity contribution is 14.0. The van der Waals surface area contributed by atoms with E-state index in [4.69, 9.17) is 5.73 Å². The van der Waals surface area contributed by atoms with Gasteiger partial charge in [0.25, 0.3) is 0 Å². The Morgan fingerprint density at radius 3 is 2.08 bits per heavy atom. The molecule has 0 amide bonds. The van der Waals surface area contributed by atoms with Crippen molar-refractivity contribution in [1.82, 2.24) is 0 Å². The van der Waals surface area contributed by atoms with Crippen molar-refractivity contribution in [2.45, 2.75) is 20.3 Å². The molecule has 0 bridgehead atoms.